The van der Waals surface area contributed by atoms with Crippen molar-refractivity contribution in [1.82, 2.24) is 4.98 Å². The number of aromatic nitrogens is 1. The Kier molecular flexibility index (Phi) is 3.21. The van der Waals surface area contributed by atoms with Crippen LogP contribution in [0.1, 0.15) is 37.0 Å². The van der Waals surface area contributed by atoms with Crippen LogP contribution in [0.2, 0.25) is 5.02 Å². The highest BCUT2D eigenvalue weighted by Gasteiger charge is 2.29. The molecule has 6 heteroatoms. The van der Waals surface area contributed by atoms with Crippen molar-refractivity contribution >= 4 is 28.9 Å². The lowest BCUT2D eigenvalue weighted by Gasteiger charge is -2.14. The first-order valence-electron chi connectivity index (χ1n) is 5.28. The minimum atomic E-state index is -1.12. The van der Waals surface area contributed by atoms with Gasteiger partial charge in [0.15, 0.2) is 0 Å². The zero-order valence-corrected chi connectivity index (χ0v) is 11.7. The first-order valence-corrected chi connectivity index (χ1v) is 6.54. The molecule has 0 unspecified atom stereocenters. The number of oxazole rings is 1. The number of nitrogens with zero attached hydrogens (tertiary/aromatic N) is 1. The second kappa shape index (κ2) is 4.40. The van der Waals surface area contributed by atoms with Gasteiger partial charge in [0.2, 0.25) is 11.7 Å². The Labute approximate surface area is 113 Å². The van der Waals surface area contributed by atoms with Crippen LogP contribution in [-0.4, -0.2) is 16.1 Å². The molecule has 0 atom stereocenters. The van der Waals surface area contributed by atoms with Gasteiger partial charge in [-0.1, -0.05) is 32.4 Å². The van der Waals surface area contributed by atoms with Gasteiger partial charge in [0.25, 0.3) is 0 Å². The molecule has 0 aromatic carbocycles. The average Bonchev–Trinajstić information content (AvgIpc) is 2.81. The maximum absolute atomic E-state index is 11.2. The number of carbonyl (C=O) groups is 1. The summed E-state index contributed by atoms with van der Waals surface area (Å²) >= 11 is 7.36. The van der Waals surface area contributed by atoms with Crippen LogP contribution >= 0.6 is 22.9 Å². The lowest BCUT2D eigenvalue weighted by atomic mass is 9.91. The fourth-order valence-corrected chi connectivity index (χ4v) is 2.58. The van der Waals surface area contributed by atoms with Crippen LogP contribution in [0.25, 0.3) is 10.8 Å². The number of carboxylic acid groups (broad SMARTS) is 1. The molecule has 0 saturated heterocycles. The molecular weight excluding hydrogens is 274 g/mol. The van der Waals surface area contributed by atoms with Gasteiger partial charge in [0.05, 0.1) is 5.02 Å². The topological polar surface area (TPSA) is 63.3 Å². The number of thiophene rings is 1. The van der Waals surface area contributed by atoms with E-state index in [1.165, 1.54) is 11.3 Å². The van der Waals surface area contributed by atoms with E-state index in [9.17, 15) is 4.79 Å². The molecule has 0 spiro atoms. The fraction of sp³-hybridized carbons (Fsp3) is 0.333. The minimum Gasteiger partial charge on any atom is -0.475 e. The van der Waals surface area contributed by atoms with Gasteiger partial charge in [0, 0.05) is 5.41 Å². The molecule has 18 heavy (non-hydrogen) atoms. The molecule has 0 bridgehead atoms. The molecular formula is C12H12ClNO3S. The van der Waals surface area contributed by atoms with E-state index in [0.717, 1.165) is 0 Å². The quantitative estimate of drug-likeness (QED) is 0.904. The van der Waals surface area contributed by atoms with E-state index < -0.39 is 11.4 Å². The number of aromatic carboxylic acids is 1. The molecule has 0 saturated carbocycles. The van der Waals surface area contributed by atoms with Gasteiger partial charge >= 0.3 is 5.97 Å². The highest BCUT2D eigenvalue weighted by molar-refractivity contribution is 7.14. The summed E-state index contributed by atoms with van der Waals surface area (Å²) in [6.07, 6.45) is 0. The van der Waals surface area contributed by atoms with Crippen molar-refractivity contribution in [1.29, 1.82) is 0 Å². The number of carboxylic acids is 1. The SMILES string of the molecule is CC(C)(C)c1nc(-c2sccc2Cl)oc1C(=O)O. The zero-order valence-electron chi connectivity index (χ0n) is 10.2. The smallest absolute Gasteiger partial charge is 0.373 e. The van der Waals surface area contributed by atoms with E-state index in [4.69, 9.17) is 21.1 Å². The lowest BCUT2D eigenvalue weighted by molar-refractivity contribution is 0.0659. The van der Waals surface area contributed by atoms with Gasteiger partial charge in [0.1, 0.15) is 10.6 Å². The summed E-state index contributed by atoms with van der Waals surface area (Å²) in [5.74, 6) is -0.981. The second-order valence-corrected chi connectivity index (χ2v) is 6.17. The Balaban J connectivity index is 2.60. The van der Waals surface area contributed by atoms with Gasteiger partial charge in [-0.15, -0.1) is 11.3 Å². The highest BCUT2D eigenvalue weighted by Crippen LogP contribution is 2.36. The van der Waals surface area contributed by atoms with Gasteiger partial charge in [-0.25, -0.2) is 9.78 Å². The van der Waals surface area contributed by atoms with Crippen LogP contribution in [0.3, 0.4) is 0 Å². The minimum absolute atomic E-state index is 0.123. The molecule has 0 fully saturated rings. The summed E-state index contributed by atoms with van der Waals surface area (Å²) in [6.45, 7) is 5.66. The molecule has 0 radical (unpaired) electrons. The molecule has 2 heterocycles. The largest absolute Gasteiger partial charge is 0.475 e. The van der Waals surface area contributed by atoms with Gasteiger partial charge in [-0.2, -0.15) is 0 Å². The summed E-state index contributed by atoms with van der Waals surface area (Å²) in [6, 6.07) is 1.73. The fourth-order valence-electron chi connectivity index (χ4n) is 1.52. The maximum atomic E-state index is 11.2. The molecule has 2 aromatic rings. The normalized spacial score (nSPS) is 11.8. The molecule has 96 valence electrons. The molecule has 2 aromatic heterocycles. The Hall–Kier alpha value is -1.33. The van der Waals surface area contributed by atoms with Gasteiger partial charge in [-0.05, 0) is 11.4 Å². The Morgan fingerprint density at radius 2 is 2.17 bits per heavy atom. The number of rotatable bonds is 2. The van der Waals surface area contributed by atoms with Crippen LogP contribution in [0.15, 0.2) is 15.9 Å². The Bertz CT molecular complexity index is 595. The monoisotopic (exact) mass is 285 g/mol. The highest BCUT2D eigenvalue weighted by atomic mass is 35.5. The van der Waals surface area contributed by atoms with E-state index >= 15 is 0 Å². The standard InChI is InChI=1S/C12H12ClNO3S/c1-12(2,3)9-7(11(15)16)17-10(14-9)8-6(13)4-5-18-8/h4-5H,1-3H3,(H,15,16). The summed E-state index contributed by atoms with van der Waals surface area (Å²) < 4.78 is 5.34. The molecule has 2 rings (SSSR count). The third-order valence-corrected chi connectivity index (χ3v) is 3.67. The average molecular weight is 286 g/mol. The molecule has 0 amide bonds. The van der Waals surface area contributed by atoms with Crippen molar-refractivity contribution in [3.63, 3.8) is 0 Å². The van der Waals surface area contributed by atoms with Gasteiger partial charge < -0.3 is 9.52 Å². The number of hydrogen-bond acceptors (Lipinski definition) is 4. The first-order chi connectivity index (χ1) is 8.30. The Morgan fingerprint density at radius 1 is 1.50 bits per heavy atom. The van der Waals surface area contributed by atoms with Crippen molar-refractivity contribution in [3.8, 4) is 10.8 Å². The maximum Gasteiger partial charge on any atom is 0.373 e. The van der Waals surface area contributed by atoms with E-state index in [1.54, 1.807) is 11.4 Å². The molecule has 0 aliphatic carbocycles. The third-order valence-electron chi connectivity index (χ3n) is 2.34. The van der Waals surface area contributed by atoms with Gasteiger partial charge in [-0.3, -0.25) is 0 Å². The molecule has 0 aliphatic heterocycles. The van der Waals surface area contributed by atoms with Crippen molar-refractivity contribution in [2.75, 3.05) is 0 Å². The van der Waals surface area contributed by atoms with Crippen LogP contribution in [0.5, 0.6) is 0 Å². The molecule has 1 N–H and O–H groups in total. The predicted octanol–water partition coefficient (Wildman–Crippen LogP) is 4.05. The zero-order chi connectivity index (χ0) is 13.5. The molecule has 4 nitrogen and oxygen atoms in total. The predicted molar refractivity (Wildman–Crippen MR) is 70.5 cm³/mol. The van der Waals surface area contributed by atoms with E-state index in [0.29, 0.717) is 15.6 Å². The summed E-state index contributed by atoms with van der Waals surface area (Å²) in [5, 5.41) is 11.5. The lowest BCUT2D eigenvalue weighted by Crippen LogP contribution is -2.16. The number of hydrogen-bond donors (Lipinski definition) is 1. The number of halogens is 1. The van der Waals surface area contributed by atoms with Crippen molar-refractivity contribution in [2.24, 2.45) is 0 Å². The van der Waals surface area contributed by atoms with Crippen molar-refractivity contribution < 1.29 is 14.3 Å². The second-order valence-electron chi connectivity index (χ2n) is 4.85. The third kappa shape index (κ3) is 2.28. The van der Waals surface area contributed by atoms with E-state index in [2.05, 4.69) is 4.98 Å². The van der Waals surface area contributed by atoms with Crippen LogP contribution in [0, 0.1) is 0 Å². The molecule has 0 aliphatic rings. The first kappa shape index (κ1) is 13.1. The van der Waals surface area contributed by atoms with Crippen LogP contribution in [-0.2, 0) is 5.41 Å². The summed E-state index contributed by atoms with van der Waals surface area (Å²) in [7, 11) is 0. The van der Waals surface area contributed by atoms with Crippen molar-refractivity contribution in [2.45, 2.75) is 26.2 Å². The Morgan fingerprint density at radius 3 is 2.56 bits per heavy atom. The van der Waals surface area contributed by atoms with E-state index in [1.807, 2.05) is 20.8 Å². The van der Waals surface area contributed by atoms with Crippen LogP contribution < -0.4 is 0 Å². The summed E-state index contributed by atoms with van der Waals surface area (Å²) in [5.41, 5.74) is 0.0219. The van der Waals surface area contributed by atoms with Crippen LogP contribution in [0.4, 0.5) is 0 Å². The summed E-state index contributed by atoms with van der Waals surface area (Å²) in [4.78, 5) is 16.1. The van der Waals surface area contributed by atoms with Crippen molar-refractivity contribution in [3.05, 3.63) is 27.9 Å². The van der Waals surface area contributed by atoms with E-state index in [-0.39, 0.29) is 11.7 Å².